The molecule has 17 heavy (non-hydrogen) atoms. The molecular weight excluding hydrogens is 248 g/mol. The van der Waals surface area contributed by atoms with Crippen LogP contribution in [0.4, 0.5) is 8.78 Å². The van der Waals surface area contributed by atoms with E-state index in [1.807, 2.05) is 0 Å². The Bertz CT molecular complexity index is 388. The number of thioether (sulfide) groups is 1. The minimum absolute atomic E-state index is 0.0896. The van der Waals surface area contributed by atoms with Gasteiger partial charge in [-0.3, -0.25) is 4.79 Å². The van der Waals surface area contributed by atoms with Crippen molar-refractivity contribution in [2.45, 2.75) is 4.90 Å². The van der Waals surface area contributed by atoms with Crippen molar-refractivity contribution >= 4 is 17.7 Å². The van der Waals surface area contributed by atoms with Crippen molar-refractivity contribution in [1.29, 1.82) is 0 Å². The third kappa shape index (κ3) is 5.14. The second kappa shape index (κ2) is 7.24. The number of methoxy groups -OCH3 is 1. The van der Waals surface area contributed by atoms with Gasteiger partial charge in [0.1, 0.15) is 11.6 Å². The molecule has 0 saturated carbocycles. The summed E-state index contributed by atoms with van der Waals surface area (Å²) >= 11 is 1.03. The normalized spacial score (nSPS) is 10.3. The standard InChI is InChI=1S/C11H13F2NO2S/c1-16-5-4-14-11(15)7-17-10-3-2-8(12)6-9(10)13/h2-3,6H,4-5,7H2,1H3,(H,14,15). The SMILES string of the molecule is COCCNC(=O)CSc1ccc(F)cc1F. The summed E-state index contributed by atoms with van der Waals surface area (Å²) in [7, 11) is 1.54. The first kappa shape index (κ1) is 13.9. The van der Waals surface area contributed by atoms with Gasteiger partial charge in [-0.25, -0.2) is 8.78 Å². The Morgan fingerprint density at radius 2 is 2.24 bits per heavy atom. The van der Waals surface area contributed by atoms with Gasteiger partial charge in [-0.15, -0.1) is 11.8 Å². The minimum atomic E-state index is -0.653. The van der Waals surface area contributed by atoms with E-state index in [1.54, 1.807) is 0 Å². The van der Waals surface area contributed by atoms with Gasteiger partial charge in [0.05, 0.1) is 12.4 Å². The molecule has 0 aromatic heterocycles. The van der Waals surface area contributed by atoms with E-state index < -0.39 is 11.6 Å². The van der Waals surface area contributed by atoms with E-state index in [0.717, 1.165) is 23.9 Å². The van der Waals surface area contributed by atoms with Crippen molar-refractivity contribution in [3.63, 3.8) is 0 Å². The molecule has 0 spiro atoms. The Morgan fingerprint density at radius 3 is 2.88 bits per heavy atom. The van der Waals surface area contributed by atoms with Crippen LogP contribution in [0.5, 0.6) is 0 Å². The maximum atomic E-state index is 13.2. The van der Waals surface area contributed by atoms with E-state index in [-0.39, 0.29) is 16.6 Å². The molecule has 0 aliphatic rings. The highest BCUT2D eigenvalue weighted by atomic mass is 32.2. The van der Waals surface area contributed by atoms with Crippen molar-refractivity contribution in [3.8, 4) is 0 Å². The maximum absolute atomic E-state index is 13.2. The number of benzene rings is 1. The van der Waals surface area contributed by atoms with Crippen molar-refractivity contribution in [1.82, 2.24) is 5.32 Å². The minimum Gasteiger partial charge on any atom is -0.383 e. The number of ether oxygens (including phenoxy) is 1. The summed E-state index contributed by atoms with van der Waals surface area (Å²) in [5.74, 6) is -1.40. The number of hydrogen-bond donors (Lipinski definition) is 1. The number of carbonyl (C=O) groups excluding carboxylic acids is 1. The van der Waals surface area contributed by atoms with E-state index in [0.29, 0.717) is 13.2 Å². The molecule has 0 heterocycles. The quantitative estimate of drug-likeness (QED) is 0.627. The molecule has 1 amide bonds. The molecule has 1 rings (SSSR count). The zero-order valence-electron chi connectivity index (χ0n) is 9.33. The van der Waals surface area contributed by atoms with Crippen LogP contribution >= 0.6 is 11.8 Å². The van der Waals surface area contributed by atoms with Crippen molar-refractivity contribution in [2.75, 3.05) is 26.0 Å². The fourth-order valence-electron chi connectivity index (χ4n) is 1.08. The molecule has 0 aliphatic carbocycles. The highest BCUT2D eigenvalue weighted by Gasteiger charge is 2.07. The van der Waals surface area contributed by atoms with Gasteiger partial charge in [0.25, 0.3) is 0 Å². The van der Waals surface area contributed by atoms with Crippen LogP contribution in [0, 0.1) is 11.6 Å². The number of halogens is 2. The molecule has 6 heteroatoms. The van der Waals surface area contributed by atoms with Gasteiger partial charge >= 0.3 is 0 Å². The molecule has 0 aliphatic heterocycles. The van der Waals surface area contributed by atoms with E-state index in [4.69, 9.17) is 4.74 Å². The summed E-state index contributed by atoms with van der Waals surface area (Å²) in [6.07, 6.45) is 0. The Kier molecular flexibility index (Phi) is 5.93. The predicted molar refractivity (Wildman–Crippen MR) is 62.0 cm³/mol. The summed E-state index contributed by atoms with van der Waals surface area (Å²) in [5, 5.41) is 2.60. The van der Waals surface area contributed by atoms with E-state index in [2.05, 4.69) is 5.32 Å². The van der Waals surface area contributed by atoms with Gasteiger partial charge in [0.15, 0.2) is 0 Å². The Hall–Kier alpha value is -1.14. The van der Waals surface area contributed by atoms with Crippen LogP contribution < -0.4 is 5.32 Å². The summed E-state index contributed by atoms with van der Waals surface area (Å²) in [6, 6.07) is 3.27. The lowest BCUT2D eigenvalue weighted by Gasteiger charge is -2.05. The van der Waals surface area contributed by atoms with Crippen LogP contribution in [0.2, 0.25) is 0 Å². The lowest BCUT2D eigenvalue weighted by molar-refractivity contribution is -0.118. The monoisotopic (exact) mass is 261 g/mol. The molecule has 3 nitrogen and oxygen atoms in total. The fraction of sp³-hybridized carbons (Fsp3) is 0.364. The molecule has 1 aromatic carbocycles. The lowest BCUT2D eigenvalue weighted by Crippen LogP contribution is -2.28. The maximum Gasteiger partial charge on any atom is 0.230 e. The molecule has 0 radical (unpaired) electrons. The van der Waals surface area contributed by atoms with Crippen LogP contribution in [-0.2, 0) is 9.53 Å². The van der Waals surface area contributed by atoms with E-state index in [9.17, 15) is 13.6 Å². The van der Waals surface area contributed by atoms with Crippen LogP contribution in [0.3, 0.4) is 0 Å². The molecule has 1 aromatic rings. The Morgan fingerprint density at radius 1 is 1.47 bits per heavy atom. The van der Waals surface area contributed by atoms with Gasteiger partial charge in [-0.05, 0) is 12.1 Å². The number of nitrogens with one attached hydrogen (secondary N) is 1. The van der Waals surface area contributed by atoms with Gasteiger partial charge in [-0.2, -0.15) is 0 Å². The lowest BCUT2D eigenvalue weighted by atomic mass is 10.3. The number of rotatable bonds is 6. The van der Waals surface area contributed by atoms with Crippen LogP contribution in [0.25, 0.3) is 0 Å². The second-order valence-corrected chi connectivity index (χ2v) is 4.22. The number of hydrogen-bond acceptors (Lipinski definition) is 3. The largest absolute Gasteiger partial charge is 0.383 e. The van der Waals surface area contributed by atoms with Crippen LogP contribution in [-0.4, -0.2) is 31.9 Å². The van der Waals surface area contributed by atoms with Gasteiger partial charge in [-0.1, -0.05) is 0 Å². The zero-order valence-corrected chi connectivity index (χ0v) is 10.2. The van der Waals surface area contributed by atoms with Crippen molar-refractivity contribution < 1.29 is 18.3 Å². The summed E-state index contributed by atoms with van der Waals surface area (Å²) < 4.78 is 30.6. The zero-order chi connectivity index (χ0) is 12.7. The molecular formula is C11H13F2NO2S. The summed E-state index contributed by atoms with van der Waals surface area (Å²) in [6.45, 7) is 0.850. The third-order valence-corrected chi connectivity index (χ3v) is 2.93. The second-order valence-electron chi connectivity index (χ2n) is 3.21. The van der Waals surface area contributed by atoms with Crippen molar-refractivity contribution in [3.05, 3.63) is 29.8 Å². The van der Waals surface area contributed by atoms with Crippen molar-refractivity contribution in [2.24, 2.45) is 0 Å². The molecule has 94 valence electrons. The number of amides is 1. The first-order chi connectivity index (χ1) is 8.13. The molecule has 1 N–H and O–H groups in total. The van der Waals surface area contributed by atoms with Crippen LogP contribution in [0.15, 0.2) is 23.1 Å². The van der Waals surface area contributed by atoms with Crippen LogP contribution in [0.1, 0.15) is 0 Å². The Balaban J connectivity index is 2.37. The smallest absolute Gasteiger partial charge is 0.230 e. The average Bonchev–Trinajstić information content (AvgIpc) is 2.28. The molecule has 0 fully saturated rings. The topological polar surface area (TPSA) is 38.3 Å². The van der Waals surface area contributed by atoms with Gasteiger partial charge < -0.3 is 10.1 Å². The first-order valence-corrected chi connectivity index (χ1v) is 5.95. The van der Waals surface area contributed by atoms with Gasteiger partial charge in [0, 0.05) is 24.6 Å². The highest BCUT2D eigenvalue weighted by Crippen LogP contribution is 2.21. The number of carbonyl (C=O) groups is 1. The molecule has 0 saturated heterocycles. The summed E-state index contributed by atoms with van der Waals surface area (Å²) in [4.78, 5) is 11.5. The average molecular weight is 261 g/mol. The van der Waals surface area contributed by atoms with E-state index >= 15 is 0 Å². The predicted octanol–water partition coefficient (Wildman–Crippen LogP) is 1.82. The van der Waals surface area contributed by atoms with E-state index in [1.165, 1.54) is 13.2 Å². The molecule has 0 unspecified atom stereocenters. The molecule has 0 bridgehead atoms. The molecule has 0 atom stereocenters. The highest BCUT2D eigenvalue weighted by molar-refractivity contribution is 8.00. The third-order valence-electron chi connectivity index (χ3n) is 1.88. The first-order valence-electron chi connectivity index (χ1n) is 4.97. The Labute approximate surface area is 103 Å². The summed E-state index contributed by atoms with van der Waals surface area (Å²) in [5.41, 5.74) is 0. The van der Waals surface area contributed by atoms with Gasteiger partial charge in [0.2, 0.25) is 5.91 Å². The fourth-order valence-corrected chi connectivity index (χ4v) is 1.83.